The molecule has 1 aromatic carbocycles. The van der Waals surface area contributed by atoms with Crippen molar-refractivity contribution in [2.45, 2.75) is 19.1 Å². The second-order valence-electron chi connectivity index (χ2n) is 3.54. The van der Waals surface area contributed by atoms with Gasteiger partial charge in [0.15, 0.2) is 0 Å². The number of nitrogens with zero attached hydrogens (tertiary/aromatic N) is 1. The number of hydrogen-bond acceptors (Lipinski definition) is 4. The summed E-state index contributed by atoms with van der Waals surface area (Å²) < 4.78 is 28.1. The van der Waals surface area contributed by atoms with E-state index in [1.807, 2.05) is 0 Å². The molecule has 0 aliphatic carbocycles. The smallest absolute Gasteiger partial charge is 0.387 e. The molecule has 18 heavy (non-hydrogen) atoms. The summed E-state index contributed by atoms with van der Waals surface area (Å²) in [6, 6.07) is 7.41. The van der Waals surface area contributed by atoms with Gasteiger partial charge in [-0.2, -0.15) is 14.0 Å². The van der Waals surface area contributed by atoms with Gasteiger partial charge in [0.05, 0.1) is 6.07 Å². The molecule has 0 amide bonds. The first-order chi connectivity index (χ1) is 8.67. The van der Waals surface area contributed by atoms with Crippen LogP contribution in [-0.2, 0) is 0 Å². The lowest BCUT2D eigenvalue weighted by atomic mass is 10.1. The summed E-state index contributed by atoms with van der Waals surface area (Å²) in [7, 11) is 0. The summed E-state index contributed by atoms with van der Waals surface area (Å²) in [5.41, 5.74) is 0.664. The van der Waals surface area contributed by atoms with Gasteiger partial charge in [-0.15, -0.1) is 0 Å². The maximum absolute atomic E-state index is 11.9. The fourth-order valence-corrected chi connectivity index (χ4v) is 1.41. The van der Waals surface area contributed by atoms with Crippen molar-refractivity contribution in [3.8, 4) is 11.8 Å². The van der Waals surface area contributed by atoms with E-state index >= 15 is 0 Å². The summed E-state index contributed by atoms with van der Waals surface area (Å²) in [6.07, 6.45) is 0.546. The Morgan fingerprint density at radius 1 is 1.33 bits per heavy atom. The minimum atomic E-state index is -2.86. The van der Waals surface area contributed by atoms with E-state index in [9.17, 15) is 8.78 Å². The molecule has 0 aliphatic heterocycles. The van der Waals surface area contributed by atoms with Crippen molar-refractivity contribution < 1.29 is 18.6 Å². The number of benzene rings is 1. The van der Waals surface area contributed by atoms with Gasteiger partial charge >= 0.3 is 6.61 Å². The normalized spacial score (nSPS) is 12.2. The molecule has 1 rings (SSSR count). The fourth-order valence-electron chi connectivity index (χ4n) is 1.41. The topological polar surface area (TPSA) is 65.3 Å². The number of nitrogens with one attached hydrogen (secondary N) is 1. The molecule has 1 aromatic rings. The third kappa shape index (κ3) is 4.65. The van der Waals surface area contributed by atoms with Crippen molar-refractivity contribution in [2.24, 2.45) is 0 Å². The zero-order valence-corrected chi connectivity index (χ0v) is 9.64. The summed E-state index contributed by atoms with van der Waals surface area (Å²) in [6.45, 7) is -2.30. The second kappa shape index (κ2) is 7.58. The highest BCUT2D eigenvalue weighted by Gasteiger charge is 2.10. The lowest BCUT2D eigenvalue weighted by molar-refractivity contribution is -0.0498. The molecule has 1 unspecified atom stereocenters. The number of aliphatic hydroxyl groups is 1. The van der Waals surface area contributed by atoms with Gasteiger partial charge in [0.25, 0.3) is 0 Å². The van der Waals surface area contributed by atoms with Crippen LogP contribution in [0, 0.1) is 11.3 Å². The second-order valence-corrected chi connectivity index (χ2v) is 3.54. The molecule has 0 fully saturated rings. The fraction of sp³-hybridized carbons (Fsp3) is 0.417. The average molecular weight is 256 g/mol. The number of rotatable bonds is 7. The Balaban J connectivity index is 2.61. The van der Waals surface area contributed by atoms with Crippen molar-refractivity contribution in [2.75, 3.05) is 13.2 Å². The van der Waals surface area contributed by atoms with Crippen LogP contribution in [-0.4, -0.2) is 24.9 Å². The molecule has 0 aromatic heterocycles. The Hall–Kier alpha value is -1.71. The largest absolute Gasteiger partial charge is 0.435 e. The van der Waals surface area contributed by atoms with E-state index in [0.717, 1.165) is 0 Å². The Labute approximate surface area is 104 Å². The lowest BCUT2D eigenvalue weighted by Gasteiger charge is -2.12. The highest BCUT2D eigenvalue weighted by molar-refractivity contribution is 5.31. The highest BCUT2D eigenvalue weighted by Crippen LogP contribution is 2.19. The van der Waals surface area contributed by atoms with Crippen LogP contribution in [0.5, 0.6) is 5.75 Å². The van der Waals surface area contributed by atoms with Crippen molar-refractivity contribution >= 4 is 0 Å². The van der Waals surface area contributed by atoms with Gasteiger partial charge in [0, 0.05) is 6.61 Å². The Kier molecular flexibility index (Phi) is 6.05. The highest BCUT2D eigenvalue weighted by atomic mass is 19.3. The predicted octanol–water partition coefficient (Wildman–Crippen LogP) is 1.82. The Morgan fingerprint density at radius 3 is 2.50 bits per heavy atom. The molecule has 0 spiro atoms. The average Bonchev–Trinajstić information content (AvgIpc) is 2.35. The number of hydrogen-bond donors (Lipinski definition) is 2. The van der Waals surface area contributed by atoms with E-state index in [0.29, 0.717) is 18.5 Å². The van der Waals surface area contributed by atoms with E-state index in [2.05, 4.69) is 16.1 Å². The first kappa shape index (κ1) is 14.4. The molecule has 0 saturated carbocycles. The molecule has 1 atom stereocenters. The Bertz CT molecular complexity index is 390. The van der Waals surface area contributed by atoms with Crippen molar-refractivity contribution in [3.63, 3.8) is 0 Å². The van der Waals surface area contributed by atoms with Crippen LogP contribution < -0.4 is 10.1 Å². The number of alkyl halides is 2. The molecule has 0 heterocycles. The molecule has 0 radical (unpaired) electrons. The van der Waals surface area contributed by atoms with E-state index < -0.39 is 12.7 Å². The number of halogens is 2. The van der Waals surface area contributed by atoms with E-state index in [1.165, 1.54) is 12.1 Å². The van der Waals surface area contributed by atoms with E-state index in [1.54, 1.807) is 12.1 Å². The quantitative estimate of drug-likeness (QED) is 0.730. The van der Waals surface area contributed by atoms with Crippen LogP contribution in [0.3, 0.4) is 0 Å². The third-order valence-corrected chi connectivity index (χ3v) is 2.25. The molecule has 0 saturated heterocycles. The monoisotopic (exact) mass is 256 g/mol. The zero-order valence-electron chi connectivity index (χ0n) is 9.64. The molecule has 2 N–H and O–H groups in total. The molecule has 98 valence electrons. The molecule has 0 aliphatic rings. The van der Waals surface area contributed by atoms with Crippen LogP contribution in [0.25, 0.3) is 0 Å². The van der Waals surface area contributed by atoms with Crippen LogP contribution in [0.15, 0.2) is 24.3 Å². The maximum atomic E-state index is 11.9. The predicted molar refractivity (Wildman–Crippen MR) is 61.1 cm³/mol. The van der Waals surface area contributed by atoms with Crippen LogP contribution in [0.1, 0.15) is 18.0 Å². The van der Waals surface area contributed by atoms with Crippen LogP contribution in [0.2, 0.25) is 0 Å². The van der Waals surface area contributed by atoms with E-state index in [4.69, 9.17) is 10.4 Å². The Morgan fingerprint density at radius 2 is 2.00 bits per heavy atom. The zero-order chi connectivity index (χ0) is 13.4. The first-order valence-electron chi connectivity index (χ1n) is 5.46. The summed E-state index contributed by atoms with van der Waals surface area (Å²) in [5.74, 6) is 0.0563. The van der Waals surface area contributed by atoms with E-state index in [-0.39, 0.29) is 12.4 Å². The summed E-state index contributed by atoms with van der Waals surface area (Å²) in [4.78, 5) is 0. The van der Waals surface area contributed by atoms with Crippen LogP contribution in [0.4, 0.5) is 8.78 Å². The van der Waals surface area contributed by atoms with Gasteiger partial charge in [-0.05, 0) is 30.7 Å². The molecular formula is C12H14F2N2O2. The van der Waals surface area contributed by atoms with Crippen molar-refractivity contribution in [1.82, 2.24) is 5.32 Å². The molecule has 4 nitrogen and oxygen atoms in total. The van der Waals surface area contributed by atoms with Gasteiger partial charge in [-0.25, -0.2) is 0 Å². The van der Waals surface area contributed by atoms with Gasteiger partial charge < -0.3 is 9.84 Å². The van der Waals surface area contributed by atoms with Crippen LogP contribution >= 0.6 is 0 Å². The minimum absolute atomic E-state index is 0.0479. The van der Waals surface area contributed by atoms with Gasteiger partial charge in [0.1, 0.15) is 11.8 Å². The molecule has 0 bridgehead atoms. The maximum Gasteiger partial charge on any atom is 0.387 e. The molecule has 6 heteroatoms. The summed E-state index contributed by atoms with van der Waals surface area (Å²) in [5, 5.41) is 20.5. The summed E-state index contributed by atoms with van der Waals surface area (Å²) >= 11 is 0. The number of aliphatic hydroxyl groups excluding tert-OH is 1. The number of nitriles is 1. The SMILES string of the molecule is N#CC(NCCCO)c1ccc(OC(F)F)cc1. The number of ether oxygens (including phenoxy) is 1. The standard InChI is InChI=1S/C12H14F2N2O2/c13-12(14)18-10-4-2-9(3-5-10)11(8-15)16-6-1-7-17/h2-5,11-12,16-17H,1,6-7H2. The lowest BCUT2D eigenvalue weighted by Crippen LogP contribution is -2.21. The third-order valence-electron chi connectivity index (χ3n) is 2.25. The van der Waals surface area contributed by atoms with Crippen molar-refractivity contribution in [3.05, 3.63) is 29.8 Å². The first-order valence-corrected chi connectivity index (χ1v) is 5.46. The van der Waals surface area contributed by atoms with Gasteiger partial charge in [-0.1, -0.05) is 12.1 Å². The van der Waals surface area contributed by atoms with Gasteiger partial charge in [-0.3, -0.25) is 5.32 Å². The minimum Gasteiger partial charge on any atom is -0.435 e. The molecular weight excluding hydrogens is 242 g/mol. The van der Waals surface area contributed by atoms with Crippen molar-refractivity contribution in [1.29, 1.82) is 5.26 Å². The van der Waals surface area contributed by atoms with Gasteiger partial charge in [0.2, 0.25) is 0 Å².